The highest BCUT2D eigenvalue weighted by Gasteiger charge is 2.06. The average Bonchev–Trinajstić information content (AvgIpc) is 2.88. The van der Waals surface area contributed by atoms with Gasteiger partial charge in [-0.1, -0.05) is 25.9 Å². The highest BCUT2D eigenvalue weighted by molar-refractivity contribution is 9.11. The van der Waals surface area contributed by atoms with Crippen molar-refractivity contribution in [2.75, 3.05) is 0 Å². The second kappa shape index (κ2) is 6.08. The van der Waals surface area contributed by atoms with Gasteiger partial charge in [0, 0.05) is 12.5 Å². The third kappa shape index (κ3) is 3.18. The van der Waals surface area contributed by atoms with Crippen molar-refractivity contribution in [3.05, 3.63) is 27.7 Å². The first kappa shape index (κ1) is 12.5. The van der Waals surface area contributed by atoms with Crippen LogP contribution in [0.25, 0.3) is 10.6 Å². The average molecular weight is 288 g/mol. The zero-order chi connectivity index (χ0) is 11.3. The Morgan fingerprint density at radius 2 is 2.13 bits per heavy atom. The molecule has 2 rings (SSSR count). The van der Waals surface area contributed by atoms with Crippen LogP contribution in [0.1, 0.15) is 26.5 Å². The van der Waals surface area contributed by atoms with Gasteiger partial charge >= 0.3 is 0 Å². The van der Waals surface area contributed by atoms with Crippen molar-refractivity contribution in [1.82, 2.24) is 5.16 Å². The van der Waals surface area contributed by atoms with E-state index in [2.05, 4.69) is 28.0 Å². The number of hydrogen-bond acceptors (Lipinski definition) is 3. The Bertz CT molecular complexity index is 408. The fourth-order valence-electron chi connectivity index (χ4n) is 1.05. The maximum atomic E-state index is 5.12. The van der Waals surface area contributed by atoms with Crippen LogP contribution in [-0.2, 0) is 6.42 Å². The summed E-state index contributed by atoms with van der Waals surface area (Å²) in [4.78, 5) is 1.13. The van der Waals surface area contributed by atoms with Crippen molar-refractivity contribution >= 4 is 27.3 Å². The molecule has 0 unspecified atom stereocenters. The molecule has 0 aliphatic heterocycles. The number of hydrogen-bond donors (Lipinski definition) is 0. The lowest BCUT2D eigenvalue weighted by molar-refractivity contribution is 0.389. The second-order valence-electron chi connectivity index (χ2n) is 2.64. The Balaban J connectivity index is 0.000000531. The summed E-state index contributed by atoms with van der Waals surface area (Å²) in [7, 11) is 0. The van der Waals surface area contributed by atoms with E-state index in [-0.39, 0.29) is 0 Å². The highest BCUT2D eigenvalue weighted by atomic mass is 79.9. The minimum atomic E-state index is 0.888. The van der Waals surface area contributed by atoms with Gasteiger partial charge in [0.2, 0.25) is 0 Å². The maximum absolute atomic E-state index is 5.12. The summed E-state index contributed by atoms with van der Waals surface area (Å²) in [5.41, 5.74) is 0.924. The van der Waals surface area contributed by atoms with Crippen molar-refractivity contribution in [2.45, 2.75) is 27.2 Å². The van der Waals surface area contributed by atoms with Crippen molar-refractivity contribution in [2.24, 2.45) is 0 Å². The van der Waals surface area contributed by atoms with Crippen LogP contribution in [0.3, 0.4) is 0 Å². The summed E-state index contributed by atoms with van der Waals surface area (Å²) in [5.74, 6) is 0.930. The molecule has 2 aromatic rings. The molecule has 0 bridgehead atoms. The smallest absolute Gasteiger partial charge is 0.137 e. The zero-order valence-corrected chi connectivity index (χ0v) is 11.5. The fraction of sp³-hybridized carbons (Fsp3) is 0.364. The van der Waals surface area contributed by atoms with Crippen molar-refractivity contribution in [3.63, 3.8) is 0 Å². The van der Waals surface area contributed by atoms with E-state index in [1.807, 2.05) is 32.0 Å². The van der Waals surface area contributed by atoms with Gasteiger partial charge < -0.3 is 4.52 Å². The predicted molar refractivity (Wildman–Crippen MR) is 68.2 cm³/mol. The predicted octanol–water partition coefficient (Wildman–Crippen LogP) is 4.75. The lowest BCUT2D eigenvalue weighted by Crippen LogP contribution is -1.68. The molecule has 0 saturated carbocycles. The van der Waals surface area contributed by atoms with Crippen LogP contribution in [0, 0.1) is 0 Å². The standard InChI is InChI=1S/C9H8BrNOS.C2H6/c1-2-6-5-7(11-12-6)8-3-4-9(10)13-8;1-2/h3-5H,2H2,1H3;1-2H3. The van der Waals surface area contributed by atoms with Crippen molar-refractivity contribution in [1.29, 1.82) is 0 Å². The van der Waals surface area contributed by atoms with E-state index < -0.39 is 0 Å². The quantitative estimate of drug-likeness (QED) is 0.796. The van der Waals surface area contributed by atoms with Gasteiger partial charge in [-0.25, -0.2) is 0 Å². The Morgan fingerprint density at radius 3 is 2.60 bits per heavy atom. The summed E-state index contributed by atoms with van der Waals surface area (Å²) in [5, 5.41) is 3.99. The molecule has 0 aromatic carbocycles. The monoisotopic (exact) mass is 287 g/mol. The van der Waals surface area contributed by atoms with Gasteiger partial charge in [-0.3, -0.25) is 0 Å². The van der Waals surface area contributed by atoms with Crippen molar-refractivity contribution < 1.29 is 4.52 Å². The second-order valence-corrected chi connectivity index (χ2v) is 5.10. The van der Waals surface area contributed by atoms with E-state index in [4.69, 9.17) is 4.52 Å². The van der Waals surface area contributed by atoms with E-state index in [9.17, 15) is 0 Å². The molecule has 0 amide bonds. The maximum Gasteiger partial charge on any atom is 0.137 e. The van der Waals surface area contributed by atoms with Gasteiger partial charge in [0.25, 0.3) is 0 Å². The molecule has 0 aliphatic rings. The Morgan fingerprint density at radius 1 is 1.40 bits per heavy atom. The molecule has 0 spiro atoms. The van der Waals surface area contributed by atoms with Gasteiger partial charge in [-0.2, -0.15) is 0 Å². The number of rotatable bonds is 2. The summed E-state index contributed by atoms with van der Waals surface area (Å²) < 4.78 is 6.23. The molecule has 0 N–H and O–H groups in total. The van der Waals surface area contributed by atoms with E-state index in [0.717, 1.165) is 26.5 Å². The topological polar surface area (TPSA) is 26.0 Å². The molecule has 15 heavy (non-hydrogen) atoms. The largest absolute Gasteiger partial charge is 0.361 e. The Kier molecular flexibility index (Phi) is 5.05. The van der Waals surface area contributed by atoms with E-state index >= 15 is 0 Å². The minimum absolute atomic E-state index is 0.888. The van der Waals surface area contributed by atoms with Gasteiger partial charge in [0.05, 0.1) is 8.66 Å². The van der Waals surface area contributed by atoms with Crippen LogP contribution in [0.15, 0.2) is 26.5 Å². The lowest BCUT2D eigenvalue weighted by atomic mass is 10.3. The van der Waals surface area contributed by atoms with E-state index in [1.165, 1.54) is 0 Å². The number of nitrogens with zero attached hydrogens (tertiary/aromatic N) is 1. The van der Waals surface area contributed by atoms with Crippen LogP contribution < -0.4 is 0 Å². The van der Waals surface area contributed by atoms with Gasteiger partial charge in [-0.05, 0) is 28.1 Å². The molecule has 2 aromatic heterocycles. The SMILES string of the molecule is CC.CCc1cc(-c2ccc(Br)s2)no1. The van der Waals surface area contributed by atoms with Gasteiger partial charge in [0.15, 0.2) is 0 Å². The third-order valence-electron chi connectivity index (χ3n) is 1.73. The van der Waals surface area contributed by atoms with Crippen LogP contribution in [0.5, 0.6) is 0 Å². The molecular formula is C11H14BrNOS. The minimum Gasteiger partial charge on any atom is -0.361 e. The van der Waals surface area contributed by atoms with Crippen LogP contribution in [0.4, 0.5) is 0 Å². The molecule has 4 heteroatoms. The lowest BCUT2D eigenvalue weighted by Gasteiger charge is -1.83. The van der Waals surface area contributed by atoms with E-state index in [1.54, 1.807) is 11.3 Å². The molecule has 0 saturated heterocycles. The Labute approximate surface area is 102 Å². The van der Waals surface area contributed by atoms with E-state index in [0.29, 0.717) is 0 Å². The summed E-state index contributed by atoms with van der Waals surface area (Å²) in [6.45, 7) is 6.05. The summed E-state index contributed by atoms with van der Waals surface area (Å²) >= 11 is 5.07. The highest BCUT2D eigenvalue weighted by Crippen LogP contribution is 2.30. The van der Waals surface area contributed by atoms with Crippen LogP contribution in [-0.4, -0.2) is 5.16 Å². The van der Waals surface area contributed by atoms with Crippen LogP contribution >= 0.6 is 27.3 Å². The number of halogens is 1. The van der Waals surface area contributed by atoms with Gasteiger partial charge in [-0.15, -0.1) is 11.3 Å². The third-order valence-corrected chi connectivity index (χ3v) is 3.38. The number of thiophene rings is 1. The molecule has 0 radical (unpaired) electrons. The molecule has 0 aliphatic carbocycles. The molecule has 0 atom stereocenters. The molecule has 2 heterocycles. The summed E-state index contributed by atoms with van der Waals surface area (Å²) in [6, 6.07) is 6.03. The number of aryl methyl sites for hydroxylation is 1. The summed E-state index contributed by atoms with van der Waals surface area (Å²) in [6.07, 6.45) is 0.888. The molecular weight excluding hydrogens is 274 g/mol. The van der Waals surface area contributed by atoms with Crippen LogP contribution in [0.2, 0.25) is 0 Å². The normalized spacial score (nSPS) is 9.60. The first-order chi connectivity index (χ1) is 7.29. The van der Waals surface area contributed by atoms with Crippen molar-refractivity contribution in [3.8, 4) is 10.6 Å². The fourth-order valence-corrected chi connectivity index (χ4v) is 2.39. The molecule has 2 nitrogen and oxygen atoms in total. The zero-order valence-electron chi connectivity index (χ0n) is 9.08. The first-order valence-electron chi connectivity index (χ1n) is 5.01. The number of aromatic nitrogens is 1. The molecule has 82 valence electrons. The van der Waals surface area contributed by atoms with Gasteiger partial charge in [0.1, 0.15) is 11.5 Å². The molecule has 0 fully saturated rings. The first-order valence-corrected chi connectivity index (χ1v) is 6.62. The Hall–Kier alpha value is -0.610.